The van der Waals surface area contributed by atoms with E-state index < -0.39 is 0 Å². The van der Waals surface area contributed by atoms with E-state index in [-0.39, 0.29) is 0 Å². The minimum Gasteiger partial charge on any atom is -0.299 e. The van der Waals surface area contributed by atoms with Gasteiger partial charge in [-0.15, -0.1) is 11.8 Å². The van der Waals surface area contributed by atoms with Gasteiger partial charge in [0.25, 0.3) is 0 Å². The topological polar surface area (TPSA) is 12.0 Å². The average Bonchev–Trinajstić information content (AvgIpc) is 2.33. The van der Waals surface area contributed by atoms with Crippen LogP contribution in [0.3, 0.4) is 0 Å². The van der Waals surface area contributed by atoms with Crippen LogP contribution in [0.25, 0.3) is 0 Å². The lowest BCUT2D eigenvalue weighted by Crippen LogP contribution is -2.38. The Kier molecular flexibility index (Phi) is 2.64. The van der Waals surface area contributed by atoms with Crippen LogP contribution in [0.15, 0.2) is 0 Å². The van der Waals surface area contributed by atoms with Gasteiger partial charge in [0.1, 0.15) is 0 Å². The van der Waals surface area contributed by atoms with Crippen LogP contribution in [-0.2, 0) is 0 Å². The van der Waals surface area contributed by atoms with Crippen LogP contribution in [-0.4, -0.2) is 16.7 Å². The van der Waals surface area contributed by atoms with E-state index in [0.717, 1.165) is 6.04 Å². The zero-order valence-electron chi connectivity index (χ0n) is 7.11. The predicted molar refractivity (Wildman–Crippen MR) is 48.4 cm³/mol. The molecule has 1 fully saturated rings. The van der Waals surface area contributed by atoms with Crippen molar-refractivity contribution in [3.05, 3.63) is 0 Å². The van der Waals surface area contributed by atoms with Crippen molar-refractivity contribution in [3.63, 3.8) is 0 Å². The van der Waals surface area contributed by atoms with Gasteiger partial charge in [-0.25, -0.2) is 0 Å². The second kappa shape index (κ2) is 3.14. The van der Waals surface area contributed by atoms with E-state index in [1.807, 2.05) is 0 Å². The maximum absolute atomic E-state index is 3.63. The van der Waals surface area contributed by atoms with Gasteiger partial charge < -0.3 is 0 Å². The van der Waals surface area contributed by atoms with Gasteiger partial charge in [0.15, 0.2) is 0 Å². The quantitative estimate of drug-likeness (QED) is 0.663. The van der Waals surface area contributed by atoms with Crippen LogP contribution < -0.4 is 5.32 Å². The standard InChI is InChI=1S/C8H17NS/c1-4-7-6-10-8(3,5-2)9-7/h7,9H,4-6H2,1-3H3. The molecule has 1 saturated heterocycles. The van der Waals surface area contributed by atoms with Crippen molar-refractivity contribution < 1.29 is 0 Å². The van der Waals surface area contributed by atoms with Crippen molar-refractivity contribution in [3.8, 4) is 0 Å². The summed E-state index contributed by atoms with van der Waals surface area (Å²) >= 11 is 2.07. The second-order valence-corrected chi connectivity index (χ2v) is 4.67. The van der Waals surface area contributed by atoms with Crippen molar-refractivity contribution in [2.75, 3.05) is 5.75 Å². The predicted octanol–water partition coefficient (Wildman–Crippen LogP) is 2.23. The zero-order chi connectivity index (χ0) is 7.61. The zero-order valence-corrected chi connectivity index (χ0v) is 7.92. The van der Waals surface area contributed by atoms with Crippen LogP contribution in [0.2, 0.25) is 0 Å². The molecule has 2 atom stereocenters. The molecule has 0 aromatic rings. The lowest BCUT2D eigenvalue weighted by atomic mass is 10.2. The first-order valence-corrected chi connectivity index (χ1v) is 5.10. The summed E-state index contributed by atoms with van der Waals surface area (Å²) < 4.78 is 0. The first kappa shape index (κ1) is 8.41. The Bertz CT molecular complexity index is 116. The fraction of sp³-hybridized carbons (Fsp3) is 1.00. The highest BCUT2D eigenvalue weighted by Crippen LogP contribution is 2.33. The normalized spacial score (nSPS) is 40.5. The first-order valence-electron chi connectivity index (χ1n) is 4.12. The van der Waals surface area contributed by atoms with Gasteiger partial charge in [0.2, 0.25) is 0 Å². The molecule has 1 N–H and O–H groups in total. The van der Waals surface area contributed by atoms with Crippen molar-refractivity contribution in [1.29, 1.82) is 0 Å². The molecule has 2 heteroatoms. The average molecular weight is 159 g/mol. The van der Waals surface area contributed by atoms with E-state index in [1.54, 1.807) is 0 Å². The summed E-state index contributed by atoms with van der Waals surface area (Å²) in [4.78, 5) is 0.376. The fourth-order valence-electron chi connectivity index (χ4n) is 1.22. The lowest BCUT2D eigenvalue weighted by Gasteiger charge is -2.22. The van der Waals surface area contributed by atoms with Gasteiger partial charge in [-0.1, -0.05) is 13.8 Å². The highest BCUT2D eigenvalue weighted by atomic mass is 32.2. The van der Waals surface area contributed by atoms with E-state index in [0.29, 0.717) is 4.87 Å². The third-order valence-electron chi connectivity index (χ3n) is 2.28. The van der Waals surface area contributed by atoms with Gasteiger partial charge in [-0.2, -0.15) is 0 Å². The molecule has 0 aromatic carbocycles. The Hall–Kier alpha value is 0.310. The van der Waals surface area contributed by atoms with E-state index >= 15 is 0 Å². The SMILES string of the molecule is CCC1CSC(C)(CC)N1. The Morgan fingerprint density at radius 2 is 2.30 bits per heavy atom. The van der Waals surface area contributed by atoms with Crippen molar-refractivity contribution in [2.45, 2.75) is 44.5 Å². The molecular formula is C8H17NS. The molecule has 0 amide bonds. The van der Waals surface area contributed by atoms with Crippen LogP contribution >= 0.6 is 11.8 Å². The molecular weight excluding hydrogens is 142 g/mol. The summed E-state index contributed by atoms with van der Waals surface area (Å²) in [5.41, 5.74) is 0. The van der Waals surface area contributed by atoms with E-state index in [2.05, 4.69) is 37.8 Å². The number of rotatable bonds is 2. The Labute approximate surface area is 68.0 Å². The molecule has 0 radical (unpaired) electrons. The van der Waals surface area contributed by atoms with Crippen LogP contribution in [0.1, 0.15) is 33.6 Å². The van der Waals surface area contributed by atoms with Crippen molar-refractivity contribution in [1.82, 2.24) is 5.32 Å². The highest BCUT2D eigenvalue weighted by Gasteiger charge is 2.31. The second-order valence-electron chi connectivity index (χ2n) is 3.14. The number of hydrogen-bond donors (Lipinski definition) is 1. The number of thioether (sulfide) groups is 1. The van der Waals surface area contributed by atoms with Crippen LogP contribution in [0.5, 0.6) is 0 Å². The minimum atomic E-state index is 0.376. The molecule has 0 aliphatic carbocycles. The summed E-state index contributed by atoms with van der Waals surface area (Å²) in [5, 5.41) is 3.63. The monoisotopic (exact) mass is 159 g/mol. The first-order chi connectivity index (χ1) is 4.70. The van der Waals surface area contributed by atoms with E-state index in [9.17, 15) is 0 Å². The maximum Gasteiger partial charge on any atom is 0.0617 e. The van der Waals surface area contributed by atoms with E-state index in [1.165, 1.54) is 18.6 Å². The molecule has 1 aliphatic rings. The van der Waals surface area contributed by atoms with Crippen molar-refractivity contribution >= 4 is 11.8 Å². The molecule has 1 heterocycles. The molecule has 1 nitrogen and oxygen atoms in total. The van der Waals surface area contributed by atoms with Gasteiger partial charge in [0, 0.05) is 11.8 Å². The van der Waals surface area contributed by atoms with Gasteiger partial charge in [-0.3, -0.25) is 5.32 Å². The molecule has 60 valence electrons. The van der Waals surface area contributed by atoms with Gasteiger partial charge in [0.05, 0.1) is 4.87 Å². The third kappa shape index (κ3) is 1.67. The lowest BCUT2D eigenvalue weighted by molar-refractivity contribution is 0.447. The molecule has 0 aromatic heterocycles. The largest absolute Gasteiger partial charge is 0.299 e. The highest BCUT2D eigenvalue weighted by molar-refractivity contribution is 8.00. The molecule has 1 aliphatic heterocycles. The number of hydrogen-bond acceptors (Lipinski definition) is 2. The molecule has 2 unspecified atom stereocenters. The minimum absolute atomic E-state index is 0.376. The van der Waals surface area contributed by atoms with E-state index in [4.69, 9.17) is 0 Å². The molecule has 10 heavy (non-hydrogen) atoms. The van der Waals surface area contributed by atoms with Gasteiger partial charge >= 0.3 is 0 Å². The summed E-state index contributed by atoms with van der Waals surface area (Å²) in [6.45, 7) is 6.80. The Balaban J connectivity index is 2.41. The Morgan fingerprint density at radius 1 is 1.60 bits per heavy atom. The van der Waals surface area contributed by atoms with Crippen molar-refractivity contribution in [2.24, 2.45) is 0 Å². The summed E-state index contributed by atoms with van der Waals surface area (Å²) in [6.07, 6.45) is 2.50. The molecule has 1 rings (SSSR count). The van der Waals surface area contributed by atoms with Crippen LogP contribution in [0.4, 0.5) is 0 Å². The fourth-order valence-corrected chi connectivity index (χ4v) is 2.57. The molecule has 0 bridgehead atoms. The van der Waals surface area contributed by atoms with Gasteiger partial charge in [-0.05, 0) is 19.8 Å². The summed E-state index contributed by atoms with van der Waals surface area (Å²) in [6, 6.07) is 0.759. The Morgan fingerprint density at radius 3 is 2.60 bits per heavy atom. The molecule has 0 saturated carbocycles. The summed E-state index contributed by atoms with van der Waals surface area (Å²) in [5.74, 6) is 1.29. The third-order valence-corrected chi connectivity index (χ3v) is 3.89. The smallest absolute Gasteiger partial charge is 0.0617 e. The number of nitrogens with one attached hydrogen (secondary N) is 1. The maximum atomic E-state index is 3.63. The molecule has 0 spiro atoms. The summed E-state index contributed by atoms with van der Waals surface area (Å²) in [7, 11) is 0. The van der Waals surface area contributed by atoms with Crippen LogP contribution in [0, 0.1) is 0 Å².